The SMILES string of the molecule is C#CCCCC(CSCC(C)C)NCC. The number of terminal acetylenes is 1. The average molecular weight is 227 g/mol. The molecular weight excluding hydrogens is 202 g/mol. The molecule has 0 radical (unpaired) electrons. The van der Waals surface area contributed by atoms with Crippen LogP contribution < -0.4 is 5.32 Å². The summed E-state index contributed by atoms with van der Waals surface area (Å²) in [6.07, 6.45) is 8.53. The minimum atomic E-state index is 0.645. The first-order valence-electron chi connectivity index (χ1n) is 5.95. The summed E-state index contributed by atoms with van der Waals surface area (Å²) in [6, 6.07) is 0.645. The first-order chi connectivity index (χ1) is 7.20. The number of rotatable bonds is 9. The lowest BCUT2D eigenvalue weighted by atomic mass is 10.1. The van der Waals surface area contributed by atoms with Crippen LogP contribution in [-0.4, -0.2) is 24.1 Å². The van der Waals surface area contributed by atoms with Crippen molar-refractivity contribution in [3.63, 3.8) is 0 Å². The number of thioether (sulfide) groups is 1. The molecule has 0 saturated heterocycles. The molecule has 15 heavy (non-hydrogen) atoms. The third-order valence-corrected chi connectivity index (χ3v) is 3.68. The molecule has 0 aromatic rings. The van der Waals surface area contributed by atoms with Crippen molar-refractivity contribution in [2.24, 2.45) is 5.92 Å². The molecule has 0 aromatic heterocycles. The van der Waals surface area contributed by atoms with E-state index in [1.165, 1.54) is 17.9 Å². The second-order valence-electron chi connectivity index (χ2n) is 4.28. The summed E-state index contributed by atoms with van der Waals surface area (Å²) in [5, 5.41) is 3.53. The van der Waals surface area contributed by atoms with Gasteiger partial charge in [-0.2, -0.15) is 11.8 Å². The number of hydrogen-bond acceptors (Lipinski definition) is 2. The zero-order valence-electron chi connectivity index (χ0n) is 10.4. The Kier molecular flexibility index (Phi) is 10.3. The van der Waals surface area contributed by atoms with Crippen LogP contribution in [0, 0.1) is 18.3 Å². The van der Waals surface area contributed by atoms with Crippen LogP contribution in [0.2, 0.25) is 0 Å². The number of hydrogen-bond donors (Lipinski definition) is 1. The Morgan fingerprint density at radius 1 is 1.33 bits per heavy atom. The fourth-order valence-electron chi connectivity index (χ4n) is 1.43. The molecule has 0 spiro atoms. The van der Waals surface area contributed by atoms with Crippen LogP contribution in [-0.2, 0) is 0 Å². The molecule has 0 rings (SSSR count). The molecule has 0 aromatic carbocycles. The van der Waals surface area contributed by atoms with Gasteiger partial charge < -0.3 is 5.32 Å². The first kappa shape index (κ1) is 14.9. The highest BCUT2D eigenvalue weighted by molar-refractivity contribution is 7.99. The summed E-state index contributed by atoms with van der Waals surface area (Å²) in [5.41, 5.74) is 0. The van der Waals surface area contributed by atoms with E-state index in [0.717, 1.165) is 25.3 Å². The van der Waals surface area contributed by atoms with Gasteiger partial charge in [-0.15, -0.1) is 12.3 Å². The molecule has 0 heterocycles. The standard InChI is InChI=1S/C13H25NS/c1-5-7-8-9-13(14-6-2)11-15-10-12(3)4/h1,12-14H,6-11H2,2-4H3. The summed E-state index contributed by atoms with van der Waals surface area (Å²) in [5.74, 6) is 5.98. The van der Waals surface area contributed by atoms with E-state index >= 15 is 0 Å². The second kappa shape index (κ2) is 10.4. The molecule has 0 bridgehead atoms. The topological polar surface area (TPSA) is 12.0 Å². The van der Waals surface area contributed by atoms with Crippen LogP contribution in [0.3, 0.4) is 0 Å². The third-order valence-electron chi connectivity index (χ3n) is 2.14. The van der Waals surface area contributed by atoms with E-state index in [-0.39, 0.29) is 0 Å². The van der Waals surface area contributed by atoms with E-state index < -0.39 is 0 Å². The zero-order valence-corrected chi connectivity index (χ0v) is 11.2. The minimum absolute atomic E-state index is 0.645. The van der Waals surface area contributed by atoms with Crippen LogP contribution in [0.4, 0.5) is 0 Å². The molecule has 1 N–H and O–H groups in total. The lowest BCUT2D eigenvalue weighted by Crippen LogP contribution is -2.31. The zero-order chi connectivity index (χ0) is 11.5. The maximum Gasteiger partial charge on any atom is 0.0158 e. The predicted octanol–water partition coefficient (Wildman–Crippen LogP) is 3.16. The molecule has 1 unspecified atom stereocenters. The smallest absolute Gasteiger partial charge is 0.0158 e. The highest BCUT2D eigenvalue weighted by Crippen LogP contribution is 2.12. The van der Waals surface area contributed by atoms with Crippen molar-refractivity contribution in [1.29, 1.82) is 0 Å². The predicted molar refractivity (Wildman–Crippen MR) is 72.3 cm³/mol. The Hall–Kier alpha value is -0.130. The monoisotopic (exact) mass is 227 g/mol. The van der Waals surface area contributed by atoms with Crippen LogP contribution in [0.5, 0.6) is 0 Å². The van der Waals surface area contributed by atoms with Crippen LogP contribution >= 0.6 is 11.8 Å². The van der Waals surface area contributed by atoms with E-state index in [1.807, 2.05) is 0 Å². The Morgan fingerprint density at radius 2 is 2.07 bits per heavy atom. The molecule has 0 saturated carbocycles. The van der Waals surface area contributed by atoms with E-state index in [1.54, 1.807) is 0 Å². The molecule has 88 valence electrons. The van der Waals surface area contributed by atoms with Crippen molar-refractivity contribution < 1.29 is 0 Å². The molecule has 1 atom stereocenters. The van der Waals surface area contributed by atoms with E-state index in [9.17, 15) is 0 Å². The fraction of sp³-hybridized carbons (Fsp3) is 0.846. The Balaban J connectivity index is 3.58. The Labute approximate surface area is 99.8 Å². The van der Waals surface area contributed by atoms with Crippen LogP contribution in [0.15, 0.2) is 0 Å². The van der Waals surface area contributed by atoms with E-state index in [0.29, 0.717) is 6.04 Å². The third kappa shape index (κ3) is 10.2. The van der Waals surface area contributed by atoms with Gasteiger partial charge in [-0.1, -0.05) is 20.8 Å². The van der Waals surface area contributed by atoms with Crippen molar-refractivity contribution in [1.82, 2.24) is 5.32 Å². The van der Waals surface area contributed by atoms with Crippen molar-refractivity contribution in [3.05, 3.63) is 0 Å². The molecule has 0 amide bonds. The van der Waals surface area contributed by atoms with E-state index in [4.69, 9.17) is 6.42 Å². The average Bonchev–Trinajstić information content (AvgIpc) is 2.17. The van der Waals surface area contributed by atoms with Crippen molar-refractivity contribution in [2.75, 3.05) is 18.1 Å². The van der Waals surface area contributed by atoms with Crippen molar-refractivity contribution >= 4 is 11.8 Å². The molecule has 2 heteroatoms. The quantitative estimate of drug-likeness (QED) is 0.480. The Morgan fingerprint density at radius 3 is 2.60 bits per heavy atom. The highest BCUT2D eigenvalue weighted by Gasteiger charge is 2.07. The van der Waals surface area contributed by atoms with Crippen molar-refractivity contribution in [3.8, 4) is 12.3 Å². The lowest BCUT2D eigenvalue weighted by molar-refractivity contribution is 0.523. The van der Waals surface area contributed by atoms with Gasteiger partial charge in [0, 0.05) is 18.2 Å². The number of nitrogens with one attached hydrogen (secondary N) is 1. The van der Waals surface area contributed by atoms with Gasteiger partial charge in [0.1, 0.15) is 0 Å². The lowest BCUT2D eigenvalue weighted by Gasteiger charge is -2.17. The second-order valence-corrected chi connectivity index (χ2v) is 5.36. The summed E-state index contributed by atoms with van der Waals surface area (Å²) in [6.45, 7) is 7.77. The highest BCUT2D eigenvalue weighted by atomic mass is 32.2. The number of unbranched alkanes of at least 4 members (excludes halogenated alkanes) is 1. The van der Waals surface area contributed by atoms with Gasteiger partial charge in [0.05, 0.1) is 0 Å². The summed E-state index contributed by atoms with van der Waals surface area (Å²) in [4.78, 5) is 0. The summed E-state index contributed by atoms with van der Waals surface area (Å²) in [7, 11) is 0. The van der Waals surface area contributed by atoms with Gasteiger partial charge in [-0.05, 0) is 31.1 Å². The van der Waals surface area contributed by atoms with Gasteiger partial charge in [0.15, 0.2) is 0 Å². The maximum atomic E-state index is 5.25. The molecule has 1 nitrogen and oxygen atoms in total. The summed E-state index contributed by atoms with van der Waals surface area (Å²) >= 11 is 2.05. The van der Waals surface area contributed by atoms with E-state index in [2.05, 4.69) is 43.8 Å². The van der Waals surface area contributed by atoms with Crippen LogP contribution in [0.25, 0.3) is 0 Å². The summed E-state index contributed by atoms with van der Waals surface area (Å²) < 4.78 is 0. The molecule has 0 aliphatic rings. The van der Waals surface area contributed by atoms with Gasteiger partial charge in [-0.25, -0.2) is 0 Å². The van der Waals surface area contributed by atoms with Crippen molar-refractivity contribution in [2.45, 2.75) is 46.1 Å². The van der Waals surface area contributed by atoms with Gasteiger partial charge in [0.2, 0.25) is 0 Å². The van der Waals surface area contributed by atoms with Gasteiger partial charge in [-0.3, -0.25) is 0 Å². The maximum absolute atomic E-state index is 5.25. The molecular formula is C13H25NS. The Bertz CT molecular complexity index is 172. The molecule has 0 aliphatic heterocycles. The van der Waals surface area contributed by atoms with Crippen LogP contribution in [0.1, 0.15) is 40.0 Å². The largest absolute Gasteiger partial charge is 0.313 e. The fourth-order valence-corrected chi connectivity index (χ4v) is 2.61. The molecule has 0 fully saturated rings. The normalized spacial score (nSPS) is 12.7. The van der Waals surface area contributed by atoms with Gasteiger partial charge >= 0.3 is 0 Å². The minimum Gasteiger partial charge on any atom is -0.313 e. The molecule has 0 aliphatic carbocycles. The first-order valence-corrected chi connectivity index (χ1v) is 7.10. The van der Waals surface area contributed by atoms with Gasteiger partial charge in [0.25, 0.3) is 0 Å².